The molecule has 0 amide bonds. The maximum Gasteiger partial charge on any atom is 0.228 e. The van der Waals surface area contributed by atoms with Crippen molar-refractivity contribution in [1.29, 1.82) is 0 Å². The van der Waals surface area contributed by atoms with Gasteiger partial charge in [-0.3, -0.25) is 4.99 Å². The second-order valence-corrected chi connectivity index (χ2v) is 5.66. The predicted octanol–water partition coefficient (Wildman–Crippen LogP) is 2.56. The van der Waals surface area contributed by atoms with Crippen molar-refractivity contribution in [3.63, 3.8) is 0 Å². The summed E-state index contributed by atoms with van der Waals surface area (Å²) < 4.78 is 5.13. The van der Waals surface area contributed by atoms with E-state index in [1.165, 1.54) is 11.1 Å². The van der Waals surface area contributed by atoms with E-state index in [0.29, 0.717) is 24.7 Å². The zero-order chi connectivity index (χ0) is 16.1. The normalized spacial score (nSPS) is 14.1. The molecule has 0 fully saturated rings. The van der Waals surface area contributed by atoms with Crippen LogP contribution >= 0.6 is 24.0 Å². The standard InChI is InChI=1S/C17H23N5O.HI/c1-3-18-17(19-10-8-16-20-13(2)21-23-16)22-11-9-14-6-4-5-7-15(14)12-22;/h4-7H,3,8-12H2,1-2H3,(H,18,19);1H. The Hall–Kier alpha value is -1.64. The van der Waals surface area contributed by atoms with E-state index in [1.807, 2.05) is 6.92 Å². The van der Waals surface area contributed by atoms with Crippen LogP contribution in [-0.2, 0) is 19.4 Å². The molecule has 0 spiro atoms. The molecule has 0 saturated heterocycles. The molecule has 7 heteroatoms. The zero-order valence-corrected chi connectivity index (χ0v) is 16.5. The number of fused-ring (bicyclic) bond motifs is 1. The Morgan fingerprint density at radius 2 is 2.12 bits per heavy atom. The van der Waals surface area contributed by atoms with Crippen LogP contribution < -0.4 is 5.32 Å². The van der Waals surface area contributed by atoms with E-state index in [9.17, 15) is 0 Å². The first kappa shape index (κ1) is 18.7. The average Bonchev–Trinajstić information content (AvgIpc) is 2.99. The summed E-state index contributed by atoms with van der Waals surface area (Å²) in [5.74, 6) is 2.27. The lowest BCUT2D eigenvalue weighted by atomic mass is 10.0. The van der Waals surface area contributed by atoms with Gasteiger partial charge in [-0.15, -0.1) is 24.0 Å². The molecule has 3 rings (SSSR count). The van der Waals surface area contributed by atoms with Gasteiger partial charge >= 0.3 is 0 Å². The van der Waals surface area contributed by atoms with Crippen LogP contribution in [0.5, 0.6) is 0 Å². The Morgan fingerprint density at radius 1 is 1.33 bits per heavy atom. The lowest BCUT2D eigenvalue weighted by molar-refractivity contribution is 0.371. The van der Waals surface area contributed by atoms with Gasteiger partial charge in [-0.1, -0.05) is 29.4 Å². The van der Waals surface area contributed by atoms with Crippen LogP contribution in [0, 0.1) is 6.92 Å². The second-order valence-electron chi connectivity index (χ2n) is 5.66. The number of halogens is 1. The number of aryl methyl sites for hydroxylation is 1. The molecule has 2 heterocycles. The number of aromatic nitrogens is 2. The quantitative estimate of drug-likeness (QED) is 0.449. The highest BCUT2D eigenvalue weighted by Crippen LogP contribution is 2.18. The third-order valence-corrected chi connectivity index (χ3v) is 3.92. The van der Waals surface area contributed by atoms with Crippen LogP contribution in [0.3, 0.4) is 0 Å². The van der Waals surface area contributed by atoms with E-state index in [4.69, 9.17) is 9.52 Å². The first-order valence-electron chi connectivity index (χ1n) is 8.15. The van der Waals surface area contributed by atoms with Gasteiger partial charge in [0.25, 0.3) is 0 Å². The fraction of sp³-hybridized carbons (Fsp3) is 0.471. The fourth-order valence-electron chi connectivity index (χ4n) is 2.80. The number of aliphatic imine (C=N–C) groups is 1. The minimum atomic E-state index is 0. The molecule has 0 radical (unpaired) electrons. The van der Waals surface area contributed by atoms with Crippen molar-refractivity contribution in [3.05, 3.63) is 47.1 Å². The molecule has 0 atom stereocenters. The van der Waals surface area contributed by atoms with E-state index in [-0.39, 0.29) is 24.0 Å². The third kappa shape index (κ3) is 4.68. The third-order valence-electron chi connectivity index (χ3n) is 3.92. The first-order valence-corrected chi connectivity index (χ1v) is 8.15. The van der Waals surface area contributed by atoms with Crippen LogP contribution in [0.1, 0.15) is 29.8 Å². The Kier molecular flexibility index (Phi) is 7.01. The fourth-order valence-corrected chi connectivity index (χ4v) is 2.80. The highest BCUT2D eigenvalue weighted by molar-refractivity contribution is 14.0. The lowest BCUT2D eigenvalue weighted by Gasteiger charge is -2.31. The van der Waals surface area contributed by atoms with Gasteiger partial charge in [0.05, 0.1) is 6.54 Å². The van der Waals surface area contributed by atoms with Gasteiger partial charge in [0.2, 0.25) is 5.89 Å². The highest BCUT2D eigenvalue weighted by Gasteiger charge is 2.18. The SMILES string of the molecule is CCNC(=NCCc1nc(C)no1)N1CCc2ccccc2C1.I. The summed E-state index contributed by atoms with van der Waals surface area (Å²) in [4.78, 5) is 11.2. The van der Waals surface area contributed by atoms with E-state index in [2.05, 4.69) is 51.5 Å². The Morgan fingerprint density at radius 3 is 2.83 bits per heavy atom. The topological polar surface area (TPSA) is 66.5 Å². The molecule has 6 nitrogen and oxygen atoms in total. The van der Waals surface area contributed by atoms with Crippen LogP contribution in [0.2, 0.25) is 0 Å². The minimum Gasteiger partial charge on any atom is -0.357 e. The maximum absolute atomic E-state index is 5.13. The second kappa shape index (κ2) is 9.00. The summed E-state index contributed by atoms with van der Waals surface area (Å²) in [6.07, 6.45) is 1.73. The van der Waals surface area contributed by atoms with Crippen molar-refractivity contribution >= 4 is 29.9 Å². The van der Waals surface area contributed by atoms with Gasteiger partial charge in [0, 0.05) is 26.1 Å². The monoisotopic (exact) mass is 441 g/mol. The summed E-state index contributed by atoms with van der Waals surface area (Å²) in [6, 6.07) is 8.63. The summed E-state index contributed by atoms with van der Waals surface area (Å²) in [5, 5.41) is 7.19. The number of rotatable bonds is 4. The first-order chi connectivity index (χ1) is 11.3. The Balaban J connectivity index is 0.00000208. The smallest absolute Gasteiger partial charge is 0.228 e. The molecule has 0 bridgehead atoms. The van der Waals surface area contributed by atoms with E-state index in [1.54, 1.807) is 0 Å². The predicted molar refractivity (Wildman–Crippen MR) is 105 cm³/mol. The van der Waals surface area contributed by atoms with Gasteiger partial charge in [-0.2, -0.15) is 4.98 Å². The molecule has 1 aliphatic heterocycles. The number of nitrogens with zero attached hydrogens (tertiary/aromatic N) is 4. The molecule has 130 valence electrons. The number of hydrogen-bond donors (Lipinski definition) is 1. The number of benzene rings is 1. The van der Waals surface area contributed by atoms with Gasteiger partial charge in [-0.25, -0.2) is 0 Å². The van der Waals surface area contributed by atoms with Crippen molar-refractivity contribution in [3.8, 4) is 0 Å². The minimum absolute atomic E-state index is 0. The highest BCUT2D eigenvalue weighted by atomic mass is 127. The molecule has 0 saturated carbocycles. The average molecular weight is 441 g/mol. The van der Waals surface area contributed by atoms with Crippen molar-refractivity contribution in [2.45, 2.75) is 33.2 Å². The molecular weight excluding hydrogens is 417 g/mol. The van der Waals surface area contributed by atoms with Crippen LogP contribution in [0.15, 0.2) is 33.8 Å². The summed E-state index contributed by atoms with van der Waals surface area (Å²) in [7, 11) is 0. The van der Waals surface area contributed by atoms with Gasteiger partial charge < -0.3 is 14.7 Å². The summed E-state index contributed by atoms with van der Waals surface area (Å²) in [6.45, 7) is 7.31. The summed E-state index contributed by atoms with van der Waals surface area (Å²) in [5.41, 5.74) is 2.83. The van der Waals surface area contributed by atoms with Crippen molar-refractivity contribution < 1.29 is 4.52 Å². The molecule has 0 aliphatic carbocycles. The zero-order valence-electron chi connectivity index (χ0n) is 14.2. The molecule has 2 aromatic rings. The molecule has 1 N–H and O–H groups in total. The molecule has 0 unspecified atom stereocenters. The van der Waals surface area contributed by atoms with Crippen molar-refractivity contribution in [1.82, 2.24) is 20.4 Å². The van der Waals surface area contributed by atoms with E-state index < -0.39 is 0 Å². The summed E-state index contributed by atoms with van der Waals surface area (Å²) >= 11 is 0. The Bertz CT molecular complexity index is 685. The molecular formula is C17H24IN5O. The molecule has 1 aromatic carbocycles. The Labute approximate surface area is 159 Å². The van der Waals surface area contributed by atoms with E-state index >= 15 is 0 Å². The van der Waals surface area contributed by atoms with Gasteiger partial charge in [0.15, 0.2) is 11.8 Å². The number of nitrogens with one attached hydrogen (secondary N) is 1. The lowest BCUT2D eigenvalue weighted by Crippen LogP contribution is -2.44. The maximum atomic E-state index is 5.13. The van der Waals surface area contributed by atoms with Crippen molar-refractivity contribution in [2.75, 3.05) is 19.6 Å². The largest absolute Gasteiger partial charge is 0.357 e. The number of hydrogen-bond acceptors (Lipinski definition) is 4. The van der Waals surface area contributed by atoms with Gasteiger partial charge in [-0.05, 0) is 31.4 Å². The number of guanidine groups is 1. The van der Waals surface area contributed by atoms with Crippen LogP contribution in [-0.4, -0.2) is 40.6 Å². The van der Waals surface area contributed by atoms with Crippen LogP contribution in [0.4, 0.5) is 0 Å². The van der Waals surface area contributed by atoms with Crippen LogP contribution in [0.25, 0.3) is 0 Å². The van der Waals surface area contributed by atoms with Gasteiger partial charge in [0.1, 0.15) is 0 Å². The molecule has 24 heavy (non-hydrogen) atoms. The molecule has 1 aromatic heterocycles. The molecule has 1 aliphatic rings. The van der Waals surface area contributed by atoms with Crippen molar-refractivity contribution in [2.24, 2.45) is 4.99 Å². The van der Waals surface area contributed by atoms with E-state index in [0.717, 1.165) is 32.0 Å².